The molecule has 1 aliphatic heterocycles. The van der Waals surface area contributed by atoms with Gasteiger partial charge in [0.1, 0.15) is 0 Å². The molecule has 0 spiro atoms. The van der Waals surface area contributed by atoms with Crippen LogP contribution in [0, 0.1) is 0 Å². The molecule has 2 aromatic rings. The number of nitrogens with two attached hydrogens (primary N) is 1. The molecular formula is C13H16N4S. The highest BCUT2D eigenvalue weighted by atomic mass is 32.2. The number of hydrogen-bond acceptors (Lipinski definition) is 5. The van der Waals surface area contributed by atoms with E-state index >= 15 is 0 Å². The standard InChI is InChI=1S/C13H16N4S/c1-9-8-17(6-7-18-9)13-12(14)15-10-4-2-3-5-11(10)16-13/h2-5,9H,6-8H2,1H3,(H2,14,15). The lowest BCUT2D eigenvalue weighted by atomic mass is 10.3. The normalized spacial score (nSPS) is 20.3. The minimum Gasteiger partial charge on any atom is -0.381 e. The summed E-state index contributed by atoms with van der Waals surface area (Å²) in [4.78, 5) is 11.4. The molecule has 5 heteroatoms. The SMILES string of the molecule is CC1CN(c2nc3ccccc3nc2N)CCS1. The van der Waals surface area contributed by atoms with Gasteiger partial charge in [0.25, 0.3) is 0 Å². The summed E-state index contributed by atoms with van der Waals surface area (Å²) >= 11 is 2.00. The van der Waals surface area contributed by atoms with Crippen molar-refractivity contribution in [2.24, 2.45) is 0 Å². The van der Waals surface area contributed by atoms with Crippen LogP contribution in [-0.4, -0.2) is 34.1 Å². The van der Waals surface area contributed by atoms with E-state index in [1.807, 2.05) is 36.0 Å². The summed E-state index contributed by atoms with van der Waals surface area (Å²) in [6.07, 6.45) is 0. The van der Waals surface area contributed by atoms with Crippen LogP contribution >= 0.6 is 11.8 Å². The highest BCUT2D eigenvalue weighted by molar-refractivity contribution is 8.00. The number of hydrogen-bond donors (Lipinski definition) is 1. The molecule has 4 nitrogen and oxygen atoms in total. The molecule has 1 aromatic heterocycles. The summed E-state index contributed by atoms with van der Waals surface area (Å²) in [7, 11) is 0. The van der Waals surface area contributed by atoms with Gasteiger partial charge in [-0.15, -0.1) is 0 Å². The third kappa shape index (κ3) is 2.10. The van der Waals surface area contributed by atoms with Crippen LogP contribution in [0.15, 0.2) is 24.3 Å². The lowest BCUT2D eigenvalue weighted by molar-refractivity contribution is 0.772. The van der Waals surface area contributed by atoms with Gasteiger partial charge in [0, 0.05) is 24.1 Å². The van der Waals surface area contributed by atoms with Crippen molar-refractivity contribution in [3.05, 3.63) is 24.3 Å². The molecule has 0 saturated carbocycles. The molecular weight excluding hydrogens is 244 g/mol. The van der Waals surface area contributed by atoms with Crippen molar-refractivity contribution in [1.82, 2.24) is 9.97 Å². The van der Waals surface area contributed by atoms with Gasteiger partial charge in [0.2, 0.25) is 0 Å². The van der Waals surface area contributed by atoms with E-state index in [9.17, 15) is 0 Å². The van der Waals surface area contributed by atoms with Crippen LogP contribution in [0.3, 0.4) is 0 Å². The molecule has 18 heavy (non-hydrogen) atoms. The van der Waals surface area contributed by atoms with Gasteiger partial charge in [-0.05, 0) is 12.1 Å². The second-order valence-corrected chi connectivity index (χ2v) is 6.09. The molecule has 1 saturated heterocycles. The Bertz CT molecular complexity index is 572. The summed E-state index contributed by atoms with van der Waals surface area (Å²) < 4.78 is 0. The van der Waals surface area contributed by atoms with E-state index in [0.29, 0.717) is 11.1 Å². The van der Waals surface area contributed by atoms with Gasteiger partial charge in [0.05, 0.1) is 11.0 Å². The van der Waals surface area contributed by atoms with Crippen LogP contribution in [0.2, 0.25) is 0 Å². The van der Waals surface area contributed by atoms with E-state index in [0.717, 1.165) is 35.7 Å². The van der Waals surface area contributed by atoms with Crippen LogP contribution in [0.1, 0.15) is 6.92 Å². The van der Waals surface area contributed by atoms with E-state index in [2.05, 4.69) is 21.8 Å². The van der Waals surface area contributed by atoms with Gasteiger partial charge < -0.3 is 10.6 Å². The first-order valence-electron chi connectivity index (χ1n) is 6.13. The molecule has 0 aliphatic carbocycles. The number of fused-ring (bicyclic) bond motifs is 1. The Labute approximate surface area is 111 Å². The zero-order chi connectivity index (χ0) is 12.5. The van der Waals surface area contributed by atoms with E-state index in [1.165, 1.54) is 0 Å². The van der Waals surface area contributed by atoms with Gasteiger partial charge in [0.15, 0.2) is 11.6 Å². The number of nitrogens with zero attached hydrogens (tertiary/aromatic N) is 3. The predicted molar refractivity (Wildman–Crippen MR) is 78.1 cm³/mol. The number of aromatic nitrogens is 2. The monoisotopic (exact) mass is 260 g/mol. The Balaban J connectivity index is 2.02. The molecule has 1 aromatic carbocycles. The smallest absolute Gasteiger partial charge is 0.172 e. The maximum atomic E-state index is 6.04. The maximum Gasteiger partial charge on any atom is 0.172 e. The third-order valence-corrected chi connectivity index (χ3v) is 4.26. The zero-order valence-electron chi connectivity index (χ0n) is 10.3. The fourth-order valence-electron chi connectivity index (χ4n) is 2.25. The summed E-state index contributed by atoms with van der Waals surface area (Å²) in [5.41, 5.74) is 7.81. The Kier molecular flexibility index (Phi) is 2.99. The zero-order valence-corrected chi connectivity index (χ0v) is 11.2. The highest BCUT2D eigenvalue weighted by Gasteiger charge is 2.20. The van der Waals surface area contributed by atoms with Crippen LogP contribution in [-0.2, 0) is 0 Å². The van der Waals surface area contributed by atoms with E-state index in [4.69, 9.17) is 5.73 Å². The molecule has 1 atom stereocenters. The molecule has 2 heterocycles. The van der Waals surface area contributed by atoms with Gasteiger partial charge >= 0.3 is 0 Å². The van der Waals surface area contributed by atoms with Crippen molar-refractivity contribution in [3.63, 3.8) is 0 Å². The summed E-state index contributed by atoms with van der Waals surface area (Å²) in [6, 6.07) is 7.85. The van der Waals surface area contributed by atoms with E-state index in [1.54, 1.807) is 0 Å². The molecule has 1 unspecified atom stereocenters. The van der Waals surface area contributed by atoms with Gasteiger partial charge in [-0.1, -0.05) is 19.1 Å². The topological polar surface area (TPSA) is 55.0 Å². The lowest BCUT2D eigenvalue weighted by Gasteiger charge is -2.31. The second kappa shape index (κ2) is 4.65. The summed E-state index contributed by atoms with van der Waals surface area (Å²) in [5, 5.41) is 0.617. The van der Waals surface area contributed by atoms with Crippen molar-refractivity contribution in [3.8, 4) is 0 Å². The largest absolute Gasteiger partial charge is 0.381 e. The minimum absolute atomic E-state index is 0.535. The number of benzene rings is 1. The van der Waals surface area contributed by atoms with Gasteiger partial charge in [-0.25, -0.2) is 9.97 Å². The first-order valence-corrected chi connectivity index (χ1v) is 7.18. The second-order valence-electron chi connectivity index (χ2n) is 4.55. The van der Waals surface area contributed by atoms with Gasteiger partial charge in [-0.3, -0.25) is 0 Å². The van der Waals surface area contributed by atoms with E-state index in [-0.39, 0.29) is 0 Å². The molecule has 2 N–H and O–H groups in total. The Hall–Kier alpha value is -1.49. The van der Waals surface area contributed by atoms with Crippen LogP contribution in [0.5, 0.6) is 0 Å². The summed E-state index contributed by atoms with van der Waals surface area (Å²) in [5.74, 6) is 2.49. The van der Waals surface area contributed by atoms with Crippen LogP contribution < -0.4 is 10.6 Å². The molecule has 0 radical (unpaired) electrons. The first kappa shape index (κ1) is 11.6. The predicted octanol–water partition coefficient (Wildman–Crippen LogP) is 2.15. The number of para-hydroxylation sites is 2. The molecule has 94 valence electrons. The first-order chi connectivity index (χ1) is 8.74. The Morgan fingerprint density at radius 3 is 2.72 bits per heavy atom. The van der Waals surface area contributed by atoms with Crippen LogP contribution in [0.25, 0.3) is 11.0 Å². The van der Waals surface area contributed by atoms with Crippen molar-refractivity contribution >= 4 is 34.4 Å². The number of nitrogen functional groups attached to an aromatic ring is 1. The average molecular weight is 260 g/mol. The third-order valence-electron chi connectivity index (χ3n) is 3.12. The maximum absolute atomic E-state index is 6.04. The van der Waals surface area contributed by atoms with Crippen molar-refractivity contribution in [2.45, 2.75) is 12.2 Å². The Morgan fingerprint density at radius 1 is 1.28 bits per heavy atom. The number of thioether (sulfide) groups is 1. The van der Waals surface area contributed by atoms with Gasteiger partial charge in [-0.2, -0.15) is 11.8 Å². The Morgan fingerprint density at radius 2 is 2.00 bits per heavy atom. The number of anilines is 2. The molecule has 3 rings (SSSR count). The number of rotatable bonds is 1. The molecule has 0 bridgehead atoms. The fourth-order valence-corrected chi connectivity index (χ4v) is 3.26. The van der Waals surface area contributed by atoms with E-state index < -0.39 is 0 Å². The lowest BCUT2D eigenvalue weighted by Crippen LogP contribution is -2.37. The molecule has 1 fully saturated rings. The fraction of sp³-hybridized carbons (Fsp3) is 0.385. The average Bonchev–Trinajstić information content (AvgIpc) is 2.38. The quantitative estimate of drug-likeness (QED) is 0.851. The van der Waals surface area contributed by atoms with Crippen molar-refractivity contribution in [1.29, 1.82) is 0 Å². The van der Waals surface area contributed by atoms with Crippen molar-refractivity contribution in [2.75, 3.05) is 29.5 Å². The van der Waals surface area contributed by atoms with Crippen molar-refractivity contribution < 1.29 is 0 Å². The summed E-state index contributed by atoms with van der Waals surface area (Å²) in [6.45, 7) is 4.22. The highest BCUT2D eigenvalue weighted by Crippen LogP contribution is 2.27. The molecule has 0 amide bonds. The molecule has 1 aliphatic rings. The minimum atomic E-state index is 0.535. The van der Waals surface area contributed by atoms with Crippen LogP contribution in [0.4, 0.5) is 11.6 Å².